The minimum absolute atomic E-state index is 0. The minimum Gasteiger partial charge on any atom is -1.00 e. The first-order valence-electron chi connectivity index (χ1n) is 13.0. The molecule has 0 radical (unpaired) electrons. The standard InChI is InChI=1S/C30H32F3N2O3.BrH/c1-21-6-5-7-22(16-21)19-34(28-18-26(32)25(31)17-27(28)33)30(36)38-29-20-35(12-10-23(29)11-13-35)14-15-37-24-8-3-2-4-9-24;/h2-9,16-18,23,29H,10-15,19-20H2,1H3;1H/q+1;/p-1/t23?,29-,35?;/m0./s1. The summed E-state index contributed by atoms with van der Waals surface area (Å²) in [6.45, 7) is 5.83. The molecule has 208 valence electrons. The number of fused-ring (bicyclic) bond motifs is 3. The highest BCUT2D eigenvalue weighted by Crippen LogP contribution is 2.36. The highest BCUT2D eigenvalue weighted by atomic mass is 79.9. The highest BCUT2D eigenvalue weighted by Gasteiger charge is 2.48. The van der Waals surface area contributed by atoms with Gasteiger partial charge in [0.1, 0.15) is 31.3 Å². The number of halogens is 4. The van der Waals surface area contributed by atoms with Crippen molar-refractivity contribution >= 4 is 11.8 Å². The van der Waals surface area contributed by atoms with Gasteiger partial charge in [-0.2, -0.15) is 0 Å². The van der Waals surface area contributed by atoms with Crippen LogP contribution in [0.2, 0.25) is 0 Å². The Bertz CT molecular complexity index is 1290. The van der Waals surface area contributed by atoms with Crippen LogP contribution in [0.5, 0.6) is 5.75 Å². The van der Waals surface area contributed by atoms with E-state index in [1.165, 1.54) is 0 Å². The molecule has 5 nitrogen and oxygen atoms in total. The van der Waals surface area contributed by atoms with Crippen LogP contribution in [0, 0.1) is 30.3 Å². The van der Waals surface area contributed by atoms with Gasteiger partial charge >= 0.3 is 6.09 Å². The Balaban J connectivity index is 0.00000353. The van der Waals surface area contributed by atoms with E-state index in [0.29, 0.717) is 25.3 Å². The quantitative estimate of drug-likeness (QED) is 0.293. The number of rotatable bonds is 8. The summed E-state index contributed by atoms with van der Waals surface area (Å²) in [6, 6.07) is 18.2. The van der Waals surface area contributed by atoms with Gasteiger partial charge in [0.2, 0.25) is 0 Å². The average Bonchev–Trinajstić information content (AvgIpc) is 2.91. The Morgan fingerprint density at radius 1 is 0.949 bits per heavy atom. The lowest BCUT2D eigenvalue weighted by Gasteiger charge is -2.52. The molecule has 1 atom stereocenters. The second-order valence-electron chi connectivity index (χ2n) is 10.4. The molecule has 39 heavy (non-hydrogen) atoms. The number of nitrogens with zero attached hydrogens (tertiary/aromatic N) is 2. The zero-order valence-corrected chi connectivity index (χ0v) is 23.4. The Hall–Kier alpha value is -3.04. The van der Waals surface area contributed by atoms with E-state index in [0.717, 1.165) is 58.7 Å². The molecular formula is C30H32BrF3N2O3. The second-order valence-corrected chi connectivity index (χ2v) is 10.4. The van der Waals surface area contributed by atoms with Crippen molar-refractivity contribution in [3.8, 4) is 5.75 Å². The van der Waals surface area contributed by atoms with Crippen molar-refractivity contribution in [3.63, 3.8) is 0 Å². The molecule has 6 rings (SSSR count). The van der Waals surface area contributed by atoms with E-state index in [1.54, 1.807) is 6.07 Å². The Morgan fingerprint density at radius 2 is 1.67 bits per heavy atom. The minimum atomic E-state index is -1.31. The first-order chi connectivity index (χ1) is 18.3. The number of hydrogen-bond acceptors (Lipinski definition) is 3. The zero-order valence-electron chi connectivity index (χ0n) is 21.8. The second kappa shape index (κ2) is 12.4. The summed E-state index contributed by atoms with van der Waals surface area (Å²) in [7, 11) is 0. The molecule has 3 fully saturated rings. The maximum atomic E-state index is 14.8. The normalized spacial score (nSPS) is 21.6. The van der Waals surface area contributed by atoms with E-state index in [1.807, 2.05) is 55.5 Å². The summed E-state index contributed by atoms with van der Waals surface area (Å²) in [5.41, 5.74) is 1.33. The van der Waals surface area contributed by atoms with Gasteiger partial charge in [0.15, 0.2) is 17.7 Å². The van der Waals surface area contributed by atoms with Crippen molar-refractivity contribution < 1.29 is 48.9 Å². The number of para-hydroxylation sites is 1. The maximum Gasteiger partial charge on any atom is 0.415 e. The molecule has 1 amide bonds. The van der Waals surface area contributed by atoms with Gasteiger partial charge in [-0.3, -0.25) is 4.90 Å². The molecule has 0 spiro atoms. The van der Waals surface area contributed by atoms with Crippen LogP contribution < -0.4 is 26.6 Å². The average molecular weight is 605 g/mol. The van der Waals surface area contributed by atoms with Gasteiger partial charge in [0.05, 0.1) is 25.3 Å². The first-order valence-corrected chi connectivity index (χ1v) is 13.0. The lowest BCUT2D eigenvalue weighted by atomic mass is 9.83. The van der Waals surface area contributed by atoms with Crippen molar-refractivity contribution in [2.24, 2.45) is 5.92 Å². The Morgan fingerprint density at radius 3 is 2.38 bits per heavy atom. The number of aryl methyl sites for hydroxylation is 1. The number of piperidine rings is 3. The van der Waals surface area contributed by atoms with E-state index in [9.17, 15) is 18.0 Å². The Labute approximate surface area is 237 Å². The molecule has 0 aliphatic carbocycles. The van der Waals surface area contributed by atoms with E-state index >= 15 is 0 Å². The van der Waals surface area contributed by atoms with Crippen LogP contribution in [-0.4, -0.2) is 49.5 Å². The van der Waals surface area contributed by atoms with Crippen LogP contribution in [0.3, 0.4) is 0 Å². The summed E-state index contributed by atoms with van der Waals surface area (Å²) in [5.74, 6) is -2.53. The fourth-order valence-corrected chi connectivity index (χ4v) is 5.70. The fourth-order valence-electron chi connectivity index (χ4n) is 5.70. The van der Waals surface area contributed by atoms with Gasteiger partial charge in [-0.25, -0.2) is 18.0 Å². The van der Waals surface area contributed by atoms with Crippen LogP contribution >= 0.6 is 0 Å². The summed E-state index contributed by atoms with van der Waals surface area (Å²) < 4.78 is 55.3. The largest absolute Gasteiger partial charge is 1.00 e. The first kappa shape index (κ1) is 29.0. The molecule has 3 saturated heterocycles. The van der Waals surface area contributed by atoms with E-state index < -0.39 is 23.5 Å². The summed E-state index contributed by atoms with van der Waals surface area (Å²) >= 11 is 0. The molecule has 0 N–H and O–H groups in total. The maximum absolute atomic E-state index is 14.8. The summed E-state index contributed by atoms with van der Waals surface area (Å²) in [6.07, 6.45) is 0.713. The van der Waals surface area contributed by atoms with Gasteiger partial charge in [-0.05, 0) is 24.6 Å². The third-order valence-corrected chi connectivity index (χ3v) is 7.80. The number of carbonyl (C=O) groups excluding carboxylic acids is 1. The summed E-state index contributed by atoms with van der Waals surface area (Å²) in [4.78, 5) is 14.6. The summed E-state index contributed by atoms with van der Waals surface area (Å²) in [5, 5.41) is 0. The van der Waals surface area contributed by atoms with Crippen LogP contribution in [-0.2, 0) is 11.3 Å². The molecule has 9 heteroatoms. The van der Waals surface area contributed by atoms with E-state index in [-0.39, 0.29) is 41.2 Å². The van der Waals surface area contributed by atoms with Crippen molar-refractivity contribution in [3.05, 3.63) is 95.3 Å². The van der Waals surface area contributed by atoms with Gasteiger partial charge < -0.3 is 30.9 Å². The number of quaternary nitrogens is 1. The molecule has 3 heterocycles. The van der Waals surface area contributed by atoms with Crippen molar-refractivity contribution in [1.82, 2.24) is 0 Å². The van der Waals surface area contributed by atoms with Crippen molar-refractivity contribution in [2.75, 3.05) is 37.7 Å². The SMILES string of the molecule is Cc1cccc(CN(C(=O)O[C@H]2C[N+]3(CCOc4ccccc4)CCC2CC3)c2cc(F)c(F)cc2F)c1.[Br-]. The number of anilines is 1. The number of amides is 1. The predicted octanol–water partition coefficient (Wildman–Crippen LogP) is 3.25. The number of ether oxygens (including phenoxy) is 2. The lowest BCUT2D eigenvalue weighted by Crippen LogP contribution is -3.00. The highest BCUT2D eigenvalue weighted by molar-refractivity contribution is 5.88. The van der Waals surface area contributed by atoms with Crippen LogP contribution in [0.1, 0.15) is 24.0 Å². The number of carbonyl (C=O) groups is 1. The fraction of sp³-hybridized carbons (Fsp3) is 0.367. The predicted molar refractivity (Wildman–Crippen MR) is 138 cm³/mol. The van der Waals surface area contributed by atoms with Gasteiger partial charge in [-0.15, -0.1) is 0 Å². The van der Waals surface area contributed by atoms with E-state index in [2.05, 4.69) is 0 Å². The third kappa shape index (κ3) is 6.76. The molecule has 0 aromatic heterocycles. The van der Waals surface area contributed by atoms with Gasteiger partial charge in [0, 0.05) is 30.9 Å². The van der Waals surface area contributed by atoms with Gasteiger partial charge in [-0.1, -0.05) is 48.0 Å². The van der Waals surface area contributed by atoms with Crippen molar-refractivity contribution in [2.45, 2.75) is 32.4 Å². The molecule has 3 aromatic carbocycles. The smallest absolute Gasteiger partial charge is 0.415 e. The monoisotopic (exact) mass is 604 g/mol. The van der Waals surface area contributed by atoms with Crippen LogP contribution in [0.4, 0.5) is 23.7 Å². The Kier molecular flexibility index (Phi) is 9.23. The molecule has 3 aliphatic rings. The van der Waals surface area contributed by atoms with Gasteiger partial charge in [0.25, 0.3) is 0 Å². The molecule has 0 saturated carbocycles. The third-order valence-electron chi connectivity index (χ3n) is 7.80. The van der Waals surface area contributed by atoms with Crippen LogP contribution in [0.25, 0.3) is 0 Å². The number of benzene rings is 3. The topological polar surface area (TPSA) is 38.8 Å². The van der Waals surface area contributed by atoms with E-state index in [4.69, 9.17) is 9.47 Å². The molecule has 0 unspecified atom stereocenters. The molecular weight excluding hydrogens is 573 g/mol. The molecule has 2 bridgehead atoms. The molecule has 3 aromatic rings. The van der Waals surface area contributed by atoms with Crippen LogP contribution in [0.15, 0.2) is 66.7 Å². The lowest BCUT2D eigenvalue weighted by molar-refractivity contribution is -0.946. The molecule has 3 aliphatic heterocycles. The van der Waals surface area contributed by atoms with Crippen molar-refractivity contribution in [1.29, 1.82) is 0 Å². The zero-order chi connectivity index (χ0) is 26.7. The number of hydrogen-bond donors (Lipinski definition) is 0.